The summed E-state index contributed by atoms with van der Waals surface area (Å²) in [6, 6.07) is 11.3. The van der Waals surface area contributed by atoms with Gasteiger partial charge in [0.2, 0.25) is 5.88 Å². The van der Waals surface area contributed by atoms with Crippen LogP contribution in [0.3, 0.4) is 0 Å². The fourth-order valence-electron chi connectivity index (χ4n) is 2.20. The minimum Gasteiger partial charge on any atom is -0.390 e. The zero-order chi connectivity index (χ0) is 19.6. The van der Waals surface area contributed by atoms with E-state index in [9.17, 15) is 18.0 Å². The molecule has 0 spiro atoms. The van der Waals surface area contributed by atoms with E-state index in [-0.39, 0.29) is 11.6 Å². The van der Waals surface area contributed by atoms with E-state index in [1.54, 1.807) is 31.2 Å². The molecule has 0 radical (unpaired) electrons. The van der Waals surface area contributed by atoms with Gasteiger partial charge < -0.3 is 4.74 Å². The van der Waals surface area contributed by atoms with Crippen LogP contribution in [-0.2, 0) is 6.18 Å². The van der Waals surface area contributed by atoms with E-state index in [2.05, 4.69) is 10.3 Å². The van der Waals surface area contributed by atoms with Crippen LogP contribution < -0.4 is 10.1 Å². The van der Waals surface area contributed by atoms with Crippen LogP contribution in [0, 0.1) is 6.92 Å². The third kappa shape index (κ3) is 4.78. The molecule has 140 valence electrons. The van der Waals surface area contributed by atoms with Gasteiger partial charge in [-0.05, 0) is 37.3 Å². The van der Waals surface area contributed by atoms with Crippen LogP contribution in [0.1, 0.15) is 10.4 Å². The lowest BCUT2D eigenvalue weighted by Gasteiger charge is -2.09. The molecule has 0 aliphatic heterocycles. The summed E-state index contributed by atoms with van der Waals surface area (Å²) in [5.41, 5.74) is -0.0866. The Morgan fingerprint density at radius 2 is 1.89 bits per heavy atom. The smallest absolute Gasteiger partial charge is 0.390 e. The number of rotatable bonds is 3. The molecule has 2 aromatic carbocycles. The fourth-order valence-corrected chi connectivity index (χ4v) is 3.17. The highest BCUT2D eigenvalue weighted by Gasteiger charge is 2.30. The molecule has 0 aliphatic carbocycles. The Hall–Kier alpha value is -2.58. The first-order valence-electron chi connectivity index (χ1n) is 7.62. The predicted molar refractivity (Wildman–Crippen MR) is 98.4 cm³/mol. The Balaban J connectivity index is 1.72. The van der Waals surface area contributed by atoms with Gasteiger partial charge in [-0.25, -0.2) is 9.78 Å². The van der Waals surface area contributed by atoms with Crippen LogP contribution in [0.5, 0.6) is 5.88 Å². The van der Waals surface area contributed by atoms with Gasteiger partial charge in [-0.2, -0.15) is 13.2 Å². The maximum atomic E-state index is 12.7. The highest BCUT2D eigenvalue weighted by atomic mass is 35.5. The molecule has 0 bridgehead atoms. The number of aryl methyl sites for hydroxylation is 1. The second kappa shape index (κ2) is 7.58. The molecular formula is C18H12ClF3N2O2S. The number of nitrogens with zero attached hydrogens (tertiary/aromatic N) is 1. The summed E-state index contributed by atoms with van der Waals surface area (Å²) in [5.74, 6) is 0.0921. The second-order valence-corrected chi connectivity index (χ2v) is 7.12. The van der Waals surface area contributed by atoms with Gasteiger partial charge in [0.1, 0.15) is 5.01 Å². The van der Waals surface area contributed by atoms with E-state index >= 15 is 0 Å². The van der Waals surface area contributed by atoms with Crippen molar-refractivity contribution in [2.24, 2.45) is 0 Å². The number of hydrogen-bond acceptors (Lipinski definition) is 4. The van der Waals surface area contributed by atoms with E-state index < -0.39 is 17.8 Å². The minimum atomic E-state index is -4.50. The molecule has 0 atom stereocenters. The molecule has 0 fully saturated rings. The number of thiazole rings is 1. The van der Waals surface area contributed by atoms with Gasteiger partial charge in [0.25, 0.3) is 0 Å². The highest BCUT2D eigenvalue weighted by molar-refractivity contribution is 7.15. The lowest BCUT2D eigenvalue weighted by molar-refractivity contribution is -0.137. The summed E-state index contributed by atoms with van der Waals surface area (Å²) in [7, 11) is 0. The lowest BCUT2D eigenvalue weighted by atomic mass is 10.2. The zero-order valence-electron chi connectivity index (χ0n) is 13.8. The molecule has 27 heavy (non-hydrogen) atoms. The van der Waals surface area contributed by atoms with E-state index in [4.69, 9.17) is 16.3 Å². The Morgan fingerprint density at radius 1 is 1.19 bits per heavy atom. The number of hydrogen-bond donors (Lipinski definition) is 1. The number of alkyl halides is 3. The third-order valence-electron chi connectivity index (χ3n) is 3.47. The van der Waals surface area contributed by atoms with Gasteiger partial charge in [0.05, 0.1) is 10.4 Å². The maximum Gasteiger partial charge on any atom is 0.418 e. The molecule has 1 amide bonds. The van der Waals surface area contributed by atoms with Crippen LogP contribution >= 0.6 is 22.9 Å². The molecule has 3 rings (SSSR count). The van der Waals surface area contributed by atoms with Gasteiger partial charge in [-0.3, -0.25) is 5.32 Å². The average Bonchev–Trinajstić information content (AvgIpc) is 2.95. The molecule has 0 aliphatic rings. The quantitative estimate of drug-likeness (QED) is 0.541. The minimum absolute atomic E-state index is 0.0272. The van der Waals surface area contributed by atoms with E-state index in [0.29, 0.717) is 14.9 Å². The topological polar surface area (TPSA) is 51.2 Å². The highest BCUT2D eigenvalue weighted by Crippen LogP contribution is 2.33. The Bertz CT molecular complexity index is 971. The third-order valence-corrected chi connectivity index (χ3v) is 4.72. The second-order valence-electron chi connectivity index (χ2n) is 5.48. The van der Waals surface area contributed by atoms with Gasteiger partial charge >= 0.3 is 12.3 Å². The SMILES string of the molecule is Cc1sc(-c2ccc(Cl)cc2)nc1OC(=O)Nc1cccc(C(F)(F)F)c1. The first kappa shape index (κ1) is 19.2. The van der Waals surface area contributed by atoms with E-state index in [1.165, 1.54) is 23.5 Å². The molecular weight excluding hydrogens is 401 g/mol. The van der Waals surface area contributed by atoms with Crippen molar-refractivity contribution in [1.29, 1.82) is 0 Å². The van der Waals surface area contributed by atoms with Gasteiger partial charge in [0, 0.05) is 16.3 Å². The maximum absolute atomic E-state index is 12.7. The van der Waals surface area contributed by atoms with Crippen molar-refractivity contribution in [1.82, 2.24) is 4.98 Å². The lowest BCUT2D eigenvalue weighted by Crippen LogP contribution is -2.17. The standard InChI is InChI=1S/C18H12ClF3N2O2S/c1-10-15(24-16(27-10)11-5-7-13(19)8-6-11)26-17(25)23-14-4-2-3-12(9-14)18(20,21)22/h2-9H,1H3,(H,23,25). The van der Waals surface area contributed by atoms with Crippen molar-refractivity contribution in [3.05, 3.63) is 64.0 Å². The number of amides is 1. The first-order chi connectivity index (χ1) is 12.7. The van der Waals surface area contributed by atoms with Gasteiger partial charge in [0.15, 0.2) is 0 Å². The Morgan fingerprint density at radius 3 is 2.56 bits per heavy atom. The van der Waals surface area contributed by atoms with Crippen molar-refractivity contribution in [2.45, 2.75) is 13.1 Å². The predicted octanol–water partition coefficient (Wildman–Crippen LogP) is 6.40. The summed E-state index contributed by atoms with van der Waals surface area (Å²) in [4.78, 5) is 16.9. The van der Waals surface area contributed by atoms with Crippen molar-refractivity contribution in [2.75, 3.05) is 5.32 Å². The summed E-state index contributed by atoms with van der Waals surface area (Å²) < 4.78 is 43.3. The van der Waals surface area contributed by atoms with Crippen LogP contribution in [-0.4, -0.2) is 11.1 Å². The number of benzene rings is 2. The van der Waals surface area contributed by atoms with E-state index in [1.807, 2.05) is 0 Å². The van der Waals surface area contributed by atoms with Crippen molar-refractivity contribution < 1.29 is 22.7 Å². The summed E-state index contributed by atoms with van der Waals surface area (Å²) in [6.07, 6.45) is -5.43. The van der Waals surface area contributed by atoms with Crippen LogP contribution in [0.2, 0.25) is 5.02 Å². The zero-order valence-corrected chi connectivity index (χ0v) is 15.4. The summed E-state index contributed by atoms with van der Waals surface area (Å²) >= 11 is 7.18. The van der Waals surface area contributed by atoms with Crippen molar-refractivity contribution in [3.63, 3.8) is 0 Å². The molecule has 0 saturated heterocycles. The number of anilines is 1. The molecule has 1 heterocycles. The van der Waals surface area contributed by atoms with E-state index in [0.717, 1.165) is 17.7 Å². The number of aromatic nitrogens is 1. The Labute approximate surface area is 161 Å². The molecule has 1 N–H and O–H groups in total. The number of halogens is 4. The van der Waals surface area contributed by atoms with Gasteiger partial charge in [-0.15, -0.1) is 11.3 Å². The molecule has 4 nitrogen and oxygen atoms in total. The molecule has 0 unspecified atom stereocenters. The summed E-state index contributed by atoms with van der Waals surface area (Å²) in [6.45, 7) is 1.73. The summed E-state index contributed by atoms with van der Waals surface area (Å²) in [5, 5.41) is 3.49. The van der Waals surface area contributed by atoms with Crippen LogP contribution in [0.4, 0.5) is 23.7 Å². The first-order valence-corrected chi connectivity index (χ1v) is 8.81. The molecule has 3 aromatic rings. The normalized spacial score (nSPS) is 11.3. The molecule has 0 saturated carbocycles. The number of nitrogens with one attached hydrogen (secondary N) is 1. The molecule has 9 heteroatoms. The number of ether oxygens (including phenoxy) is 1. The monoisotopic (exact) mass is 412 g/mol. The van der Waals surface area contributed by atoms with Crippen LogP contribution in [0.25, 0.3) is 10.6 Å². The van der Waals surface area contributed by atoms with Crippen molar-refractivity contribution in [3.8, 4) is 16.5 Å². The Kier molecular flexibility index (Phi) is 5.38. The number of carbonyl (C=O) groups is 1. The molecule has 1 aromatic heterocycles. The average molecular weight is 413 g/mol. The fraction of sp³-hybridized carbons (Fsp3) is 0.111. The number of carbonyl (C=O) groups excluding carboxylic acids is 1. The van der Waals surface area contributed by atoms with Crippen LogP contribution in [0.15, 0.2) is 48.5 Å². The largest absolute Gasteiger partial charge is 0.418 e. The van der Waals surface area contributed by atoms with Crippen molar-refractivity contribution >= 4 is 34.7 Å². The van der Waals surface area contributed by atoms with Gasteiger partial charge in [-0.1, -0.05) is 29.8 Å².